The fourth-order valence-electron chi connectivity index (χ4n) is 5.45. The zero-order chi connectivity index (χ0) is 32.2. The second-order valence-corrected chi connectivity index (χ2v) is 14.9. The maximum atomic E-state index is 12.9. The number of allylic oxidation sites excluding steroid dienone is 2. The summed E-state index contributed by atoms with van der Waals surface area (Å²) < 4.78 is 23.7. The second-order valence-electron chi connectivity index (χ2n) is 13.0. The molecular formula is C34H70NO7P. The van der Waals surface area contributed by atoms with Gasteiger partial charge in [-0.25, -0.2) is 0 Å². The molecule has 3 N–H and O–H groups in total. The van der Waals surface area contributed by atoms with Crippen molar-refractivity contribution in [3.05, 3.63) is 12.2 Å². The zero-order valence-corrected chi connectivity index (χ0v) is 29.3. The molecule has 0 aliphatic heterocycles. The maximum absolute atomic E-state index is 12.9. The van der Waals surface area contributed by atoms with E-state index in [4.69, 9.17) is 9.26 Å². The maximum Gasteiger partial charge on any atom is 0.193 e. The highest BCUT2D eigenvalue weighted by Gasteiger charge is 2.37. The fourth-order valence-corrected chi connectivity index (χ4v) is 7.46. The number of aliphatic hydroxyl groups excluding tert-OH is 2. The Kier molecular flexibility index (Phi) is 27.8. The molecule has 3 atom stereocenters. The normalized spacial score (nSPS) is 15.4. The molecule has 0 aliphatic rings. The molecule has 0 saturated carbocycles. The third kappa shape index (κ3) is 25.6. The Morgan fingerprint density at radius 3 is 1.67 bits per heavy atom. The van der Waals surface area contributed by atoms with Crippen LogP contribution >= 0.6 is 7.60 Å². The highest BCUT2D eigenvalue weighted by molar-refractivity contribution is 7.51. The van der Waals surface area contributed by atoms with Gasteiger partial charge in [0.25, 0.3) is 0 Å². The molecular weight excluding hydrogens is 565 g/mol. The lowest BCUT2D eigenvalue weighted by Crippen LogP contribution is -2.51. The van der Waals surface area contributed by atoms with Crippen LogP contribution in [0.1, 0.15) is 149 Å². The Bertz CT molecular complexity index is 690. The van der Waals surface area contributed by atoms with Crippen molar-refractivity contribution in [1.29, 1.82) is 0 Å². The van der Waals surface area contributed by atoms with Gasteiger partial charge in [0.1, 0.15) is 6.10 Å². The van der Waals surface area contributed by atoms with Crippen molar-refractivity contribution >= 4 is 7.60 Å². The summed E-state index contributed by atoms with van der Waals surface area (Å²) in [6, 6.07) is 0. The molecule has 43 heavy (non-hydrogen) atoms. The molecule has 0 radical (unpaired) electrons. The van der Waals surface area contributed by atoms with E-state index in [9.17, 15) is 24.8 Å². The molecule has 0 aromatic carbocycles. The number of hydrogen-bond acceptors (Lipinski definition) is 7. The van der Waals surface area contributed by atoms with Gasteiger partial charge in [0, 0.05) is 19.4 Å². The van der Waals surface area contributed by atoms with Crippen molar-refractivity contribution in [2.45, 2.75) is 167 Å². The lowest BCUT2D eigenvalue weighted by atomic mass is 10.1. The van der Waals surface area contributed by atoms with E-state index in [1.54, 1.807) is 14.1 Å². The van der Waals surface area contributed by atoms with Crippen LogP contribution in [0.3, 0.4) is 0 Å². The lowest BCUT2D eigenvalue weighted by Gasteiger charge is -2.44. The quantitative estimate of drug-likeness (QED) is 0.0231. The van der Waals surface area contributed by atoms with Crippen LogP contribution in [0, 0.1) is 0 Å². The first-order chi connectivity index (χ1) is 20.6. The molecule has 0 saturated heterocycles. The Morgan fingerprint density at radius 1 is 0.698 bits per heavy atom. The molecule has 0 bridgehead atoms. The van der Waals surface area contributed by atoms with Crippen LogP contribution in [-0.2, 0) is 13.8 Å². The molecule has 0 aromatic heterocycles. The molecule has 0 rings (SSSR count). The van der Waals surface area contributed by atoms with E-state index in [0.29, 0.717) is 19.4 Å². The molecule has 9 heteroatoms. The summed E-state index contributed by atoms with van der Waals surface area (Å²) in [5, 5.41) is 28.6. The summed E-state index contributed by atoms with van der Waals surface area (Å²) in [6.07, 6.45) is 26.5. The molecule has 0 spiro atoms. The minimum absolute atomic E-state index is 0.0417. The van der Waals surface area contributed by atoms with Gasteiger partial charge in [-0.15, -0.1) is 0 Å². The number of aliphatic hydroxyl groups is 3. The van der Waals surface area contributed by atoms with E-state index in [0.717, 1.165) is 12.8 Å². The number of rotatable bonds is 32. The largest absolute Gasteiger partial charge is 0.774 e. The van der Waals surface area contributed by atoms with Crippen LogP contribution in [0.25, 0.3) is 0 Å². The van der Waals surface area contributed by atoms with Gasteiger partial charge in [-0.1, -0.05) is 109 Å². The third-order valence-corrected chi connectivity index (χ3v) is 10.4. The Hall–Kier alpha value is -0.310. The monoisotopic (exact) mass is 635 g/mol. The van der Waals surface area contributed by atoms with Gasteiger partial charge in [-0.2, -0.15) is 0 Å². The second kappa shape index (κ2) is 28.0. The van der Waals surface area contributed by atoms with Crippen LogP contribution in [-0.4, -0.2) is 78.4 Å². The van der Waals surface area contributed by atoms with E-state index in [1.807, 2.05) is 6.92 Å². The third-order valence-electron chi connectivity index (χ3n) is 8.24. The van der Waals surface area contributed by atoms with Gasteiger partial charge in [-0.3, -0.25) is 0 Å². The van der Waals surface area contributed by atoms with E-state index in [-0.39, 0.29) is 30.7 Å². The van der Waals surface area contributed by atoms with Gasteiger partial charge < -0.3 is 38.5 Å². The van der Waals surface area contributed by atoms with Crippen molar-refractivity contribution in [2.75, 3.05) is 40.5 Å². The summed E-state index contributed by atoms with van der Waals surface area (Å²) in [5.41, 5.74) is 0. The van der Waals surface area contributed by atoms with Crippen molar-refractivity contribution < 1.29 is 38.5 Å². The Labute approximate surface area is 265 Å². The fraction of sp³-hybridized carbons (Fsp3) is 0.941. The SMILES string of the molecule is CCCCCCCCCCC/C=C\CCCCCCCCCOC[C@@H](O)COP(=O)([O-])C(CCC)[N+](C)(C)CCC(O)O. The zero-order valence-electron chi connectivity index (χ0n) is 28.4. The molecule has 8 nitrogen and oxygen atoms in total. The first kappa shape index (κ1) is 42.7. The highest BCUT2D eigenvalue weighted by Crippen LogP contribution is 2.48. The molecule has 2 unspecified atom stereocenters. The molecule has 0 amide bonds. The van der Waals surface area contributed by atoms with E-state index < -0.39 is 25.8 Å². The standard InChI is InChI=1S/C34H70NO7P/c1-5-7-8-9-10-11-12-13-14-15-16-17-18-19-20-21-22-23-24-25-29-41-30-32(36)31-42-43(39,40)33(26-6-2)35(3,4)28-27-34(37)38/h16-17,32-34,36-38H,5-15,18-31H2,1-4H3/b17-16-/t32-,33?/m1/s1. The van der Waals surface area contributed by atoms with Gasteiger partial charge in [-0.05, 0) is 38.5 Å². The van der Waals surface area contributed by atoms with Crippen molar-refractivity contribution in [3.63, 3.8) is 0 Å². The number of quaternary nitrogens is 1. The summed E-state index contributed by atoms with van der Waals surface area (Å²) >= 11 is 0. The first-order valence-electron chi connectivity index (χ1n) is 17.6. The number of nitrogens with zero attached hydrogens (tertiary/aromatic N) is 1. The van der Waals surface area contributed by atoms with Crippen LogP contribution in [0.15, 0.2) is 12.2 Å². The average Bonchev–Trinajstić information content (AvgIpc) is 2.96. The lowest BCUT2D eigenvalue weighted by molar-refractivity contribution is -0.905. The summed E-state index contributed by atoms with van der Waals surface area (Å²) in [6.45, 7) is 4.70. The topological polar surface area (TPSA) is 119 Å². The summed E-state index contributed by atoms with van der Waals surface area (Å²) in [4.78, 5) is 12.9. The van der Waals surface area contributed by atoms with Gasteiger partial charge in [0.2, 0.25) is 0 Å². The van der Waals surface area contributed by atoms with Crippen LogP contribution in [0.5, 0.6) is 0 Å². The summed E-state index contributed by atoms with van der Waals surface area (Å²) in [5.74, 6) is -0.824. The first-order valence-corrected chi connectivity index (χ1v) is 19.2. The average molecular weight is 636 g/mol. The van der Waals surface area contributed by atoms with Crippen LogP contribution in [0.2, 0.25) is 0 Å². The molecule has 258 valence electrons. The predicted octanol–water partition coefficient (Wildman–Crippen LogP) is 7.44. The smallest absolute Gasteiger partial charge is 0.193 e. The minimum atomic E-state index is -4.30. The molecule has 0 aromatic rings. The predicted molar refractivity (Wildman–Crippen MR) is 177 cm³/mol. The van der Waals surface area contributed by atoms with Crippen LogP contribution < -0.4 is 4.89 Å². The number of hydrogen-bond donors (Lipinski definition) is 3. The molecule has 0 heterocycles. The Balaban J connectivity index is 3.74. The summed E-state index contributed by atoms with van der Waals surface area (Å²) in [7, 11) is -0.809. The minimum Gasteiger partial charge on any atom is -0.774 e. The Morgan fingerprint density at radius 2 is 1.19 bits per heavy atom. The van der Waals surface area contributed by atoms with E-state index in [1.165, 1.54) is 103 Å². The van der Waals surface area contributed by atoms with E-state index >= 15 is 0 Å². The van der Waals surface area contributed by atoms with Crippen molar-refractivity contribution in [2.24, 2.45) is 0 Å². The van der Waals surface area contributed by atoms with Crippen molar-refractivity contribution in [1.82, 2.24) is 0 Å². The molecule has 0 aliphatic carbocycles. The van der Waals surface area contributed by atoms with Crippen LogP contribution in [0.4, 0.5) is 0 Å². The van der Waals surface area contributed by atoms with Gasteiger partial charge in [0.15, 0.2) is 19.7 Å². The molecule has 0 fully saturated rings. The van der Waals surface area contributed by atoms with E-state index in [2.05, 4.69) is 19.1 Å². The van der Waals surface area contributed by atoms with Crippen molar-refractivity contribution in [3.8, 4) is 0 Å². The number of unbranched alkanes of at least 4 members (excludes halogenated alkanes) is 16. The highest BCUT2D eigenvalue weighted by atomic mass is 31.2. The van der Waals surface area contributed by atoms with Gasteiger partial charge >= 0.3 is 0 Å². The van der Waals surface area contributed by atoms with Gasteiger partial charge in [0.05, 0.1) is 33.9 Å². The number of ether oxygens (including phenoxy) is 1.